The normalized spacial score (nSPS) is 18.6. The van der Waals surface area contributed by atoms with Crippen molar-refractivity contribution in [2.24, 2.45) is 0 Å². The van der Waals surface area contributed by atoms with Crippen molar-refractivity contribution in [1.82, 2.24) is 0 Å². The van der Waals surface area contributed by atoms with Crippen LogP contribution >= 0.6 is 0 Å². The van der Waals surface area contributed by atoms with E-state index in [1.807, 2.05) is 24.3 Å². The van der Waals surface area contributed by atoms with E-state index in [4.69, 9.17) is 19.3 Å². The predicted octanol–water partition coefficient (Wildman–Crippen LogP) is 5.69. The fraction of sp³-hybridized carbons (Fsp3) is 0.296. The molecule has 0 saturated heterocycles. The van der Waals surface area contributed by atoms with Gasteiger partial charge in [-0.1, -0.05) is 30.3 Å². The van der Waals surface area contributed by atoms with Crippen LogP contribution in [0.15, 0.2) is 54.6 Å². The van der Waals surface area contributed by atoms with Crippen LogP contribution in [-0.4, -0.2) is 24.8 Å². The average Bonchev–Trinajstić information content (AvgIpc) is 3.38. The van der Waals surface area contributed by atoms with E-state index in [-0.39, 0.29) is 18.4 Å². The number of fused-ring (bicyclic) bond motifs is 2. The lowest BCUT2D eigenvalue weighted by molar-refractivity contribution is -0.137. The Morgan fingerprint density at radius 1 is 1.06 bits per heavy atom. The van der Waals surface area contributed by atoms with Crippen LogP contribution in [-0.2, 0) is 11.2 Å². The van der Waals surface area contributed by atoms with Crippen molar-refractivity contribution in [3.05, 3.63) is 76.9 Å². The Morgan fingerprint density at radius 2 is 1.91 bits per heavy atom. The molecule has 3 aromatic rings. The first kappa shape index (κ1) is 20.4. The highest BCUT2D eigenvalue weighted by Gasteiger charge is 2.29. The number of aliphatic carboxylic acids is 1. The van der Waals surface area contributed by atoms with E-state index in [2.05, 4.69) is 37.3 Å². The number of carbonyl (C=O) groups is 1. The highest BCUT2D eigenvalue weighted by molar-refractivity contribution is 5.74. The van der Waals surface area contributed by atoms with Gasteiger partial charge in [-0.3, -0.25) is 4.79 Å². The molecule has 5 heteroatoms. The average molecular weight is 431 g/mol. The maximum absolute atomic E-state index is 11.1. The number of hydrogen-bond acceptors (Lipinski definition) is 4. The van der Waals surface area contributed by atoms with Crippen LogP contribution in [0.4, 0.5) is 0 Å². The summed E-state index contributed by atoms with van der Waals surface area (Å²) in [6.07, 6.45) is 1.92. The second-order valence-electron chi connectivity index (χ2n) is 8.50. The minimum absolute atomic E-state index is 0.0230. The van der Waals surface area contributed by atoms with E-state index in [0.717, 1.165) is 35.7 Å². The number of hydrogen-bond donors (Lipinski definition) is 1. The largest absolute Gasteiger partial charge is 0.497 e. The monoisotopic (exact) mass is 430 g/mol. The third-order valence-corrected chi connectivity index (χ3v) is 6.51. The fourth-order valence-electron chi connectivity index (χ4n) is 4.88. The summed E-state index contributed by atoms with van der Waals surface area (Å²) in [5.74, 6) is 1.43. The van der Waals surface area contributed by atoms with Crippen LogP contribution in [0.5, 0.6) is 17.2 Å². The zero-order valence-corrected chi connectivity index (χ0v) is 18.3. The number of methoxy groups -OCH3 is 1. The third kappa shape index (κ3) is 3.68. The molecular formula is C27H26O5. The van der Waals surface area contributed by atoms with E-state index in [1.165, 1.54) is 27.8 Å². The molecule has 1 aliphatic heterocycles. The molecule has 164 valence electrons. The predicted molar refractivity (Wildman–Crippen MR) is 122 cm³/mol. The molecule has 2 aliphatic rings. The van der Waals surface area contributed by atoms with Crippen molar-refractivity contribution < 1.29 is 24.1 Å². The zero-order valence-electron chi connectivity index (χ0n) is 18.3. The van der Waals surface area contributed by atoms with Gasteiger partial charge in [-0.05, 0) is 65.8 Å². The Kier molecular flexibility index (Phi) is 5.25. The first-order valence-electron chi connectivity index (χ1n) is 11.0. The van der Waals surface area contributed by atoms with Crippen molar-refractivity contribution in [2.75, 3.05) is 13.7 Å². The van der Waals surface area contributed by atoms with Gasteiger partial charge in [0.25, 0.3) is 0 Å². The van der Waals surface area contributed by atoms with Crippen molar-refractivity contribution >= 4 is 5.97 Å². The van der Waals surface area contributed by atoms with Gasteiger partial charge in [-0.25, -0.2) is 0 Å². The Labute approximate surface area is 187 Å². The molecule has 0 aromatic heterocycles. The first-order valence-corrected chi connectivity index (χ1v) is 11.0. The number of carboxylic acid groups (broad SMARTS) is 1. The molecule has 0 amide bonds. The Balaban J connectivity index is 1.41. The van der Waals surface area contributed by atoms with Crippen molar-refractivity contribution in [1.29, 1.82) is 0 Å². The van der Waals surface area contributed by atoms with Crippen molar-refractivity contribution in [3.8, 4) is 28.4 Å². The Hall–Kier alpha value is -3.47. The van der Waals surface area contributed by atoms with Crippen LogP contribution in [0.1, 0.15) is 47.1 Å². The van der Waals surface area contributed by atoms with E-state index in [9.17, 15) is 4.79 Å². The maximum Gasteiger partial charge on any atom is 0.304 e. The summed E-state index contributed by atoms with van der Waals surface area (Å²) in [4.78, 5) is 11.1. The highest BCUT2D eigenvalue weighted by atomic mass is 16.5. The molecule has 32 heavy (non-hydrogen) atoms. The minimum atomic E-state index is -0.809. The standard InChI is InChI=1S/C27H26O5/c1-16-6-7-18(30-2)13-24(16)21-4-3-5-23-22(21)10-11-25(23)32-19-8-9-20-17(12-27(28)29)15-31-26(20)14-19/h3-9,13-14,17,25H,10-12,15H2,1-2H3,(H,28,29)/t17-,25-/m1/s1. The fourth-order valence-corrected chi connectivity index (χ4v) is 4.88. The molecule has 0 radical (unpaired) electrons. The SMILES string of the molecule is COc1ccc(C)c(-c2cccc3c2CC[C@H]3Oc2ccc3c(c2)OC[C@H]3CC(=O)O)c1. The molecule has 0 fully saturated rings. The van der Waals surface area contributed by atoms with Gasteiger partial charge in [0.1, 0.15) is 23.4 Å². The molecule has 5 nitrogen and oxygen atoms in total. The second-order valence-corrected chi connectivity index (χ2v) is 8.50. The summed E-state index contributed by atoms with van der Waals surface area (Å²) in [7, 11) is 1.69. The zero-order chi connectivity index (χ0) is 22.2. The van der Waals surface area contributed by atoms with Crippen molar-refractivity contribution in [2.45, 2.75) is 38.2 Å². The topological polar surface area (TPSA) is 65.0 Å². The summed E-state index contributed by atoms with van der Waals surface area (Å²) in [5, 5.41) is 9.10. The number of ether oxygens (including phenoxy) is 3. The Morgan fingerprint density at radius 3 is 2.72 bits per heavy atom. The van der Waals surface area contributed by atoms with Gasteiger partial charge in [0.15, 0.2) is 0 Å². The minimum Gasteiger partial charge on any atom is -0.497 e. The summed E-state index contributed by atoms with van der Waals surface area (Å²) in [5.41, 5.74) is 7.14. The molecule has 1 N–H and O–H groups in total. The van der Waals surface area contributed by atoms with Crippen LogP contribution in [0.25, 0.3) is 11.1 Å². The van der Waals surface area contributed by atoms with Crippen LogP contribution in [0, 0.1) is 6.92 Å². The lowest BCUT2D eigenvalue weighted by Crippen LogP contribution is -2.07. The maximum atomic E-state index is 11.1. The van der Waals surface area contributed by atoms with E-state index >= 15 is 0 Å². The van der Waals surface area contributed by atoms with Crippen LogP contribution in [0.3, 0.4) is 0 Å². The summed E-state index contributed by atoms with van der Waals surface area (Å²) in [6.45, 7) is 2.53. The quantitative estimate of drug-likeness (QED) is 0.544. The Bertz CT molecular complexity index is 1180. The molecule has 2 atom stereocenters. The lowest BCUT2D eigenvalue weighted by Gasteiger charge is -2.17. The highest BCUT2D eigenvalue weighted by Crippen LogP contribution is 2.43. The van der Waals surface area contributed by atoms with E-state index in [1.54, 1.807) is 7.11 Å². The third-order valence-electron chi connectivity index (χ3n) is 6.51. The molecule has 1 aliphatic carbocycles. The summed E-state index contributed by atoms with van der Waals surface area (Å²) in [6, 6.07) is 18.4. The summed E-state index contributed by atoms with van der Waals surface area (Å²) < 4.78 is 17.6. The van der Waals surface area contributed by atoms with Gasteiger partial charge in [-0.2, -0.15) is 0 Å². The number of carboxylic acids is 1. The molecule has 0 saturated carbocycles. The van der Waals surface area contributed by atoms with Gasteiger partial charge in [0, 0.05) is 17.5 Å². The molecule has 0 bridgehead atoms. The molecule has 0 spiro atoms. The van der Waals surface area contributed by atoms with E-state index in [0.29, 0.717) is 6.61 Å². The number of aryl methyl sites for hydroxylation is 1. The number of benzene rings is 3. The van der Waals surface area contributed by atoms with Crippen LogP contribution < -0.4 is 14.2 Å². The van der Waals surface area contributed by atoms with Crippen molar-refractivity contribution in [3.63, 3.8) is 0 Å². The van der Waals surface area contributed by atoms with Gasteiger partial charge < -0.3 is 19.3 Å². The molecule has 0 unspecified atom stereocenters. The molecule has 1 heterocycles. The van der Waals surface area contributed by atoms with Gasteiger partial charge in [0.05, 0.1) is 20.1 Å². The molecule has 5 rings (SSSR count). The first-order chi connectivity index (χ1) is 15.5. The molecular weight excluding hydrogens is 404 g/mol. The van der Waals surface area contributed by atoms with Gasteiger partial charge in [-0.15, -0.1) is 0 Å². The second kappa shape index (κ2) is 8.23. The van der Waals surface area contributed by atoms with Gasteiger partial charge in [0.2, 0.25) is 0 Å². The number of rotatable bonds is 6. The van der Waals surface area contributed by atoms with E-state index < -0.39 is 5.97 Å². The van der Waals surface area contributed by atoms with Gasteiger partial charge >= 0.3 is 5.97 Å². The molecule has 3 aromatic carbocycles. The van der Waals surface area contributed by atoms with Crippen LogP contribution in [0.2, 0.25) is 0 Å². The smallest absolute Gasteiger partial charge is 0.304 e. The lowest BCUT2D eigenvalue weighted by atomic mass is 9.93. The summed E-state index contributed by atoms with van der Waals surface area (Å²) >= 11 is 0.